The summed E-state index contributed by atoms with van der Waals surface area (Å²) in [6.45, 7) is 14.3. The van der Waals surface area contributed by atoms with Crippen LogP contribution in [0.25, 0.3) is 0 Å². The number of allylic oxidation sites excluding steroid dienone is 4. The van der Waals surface area contributed by atoms with E-state index in [1.165, 1.54) is 17.2 Å². The van der Waals surface area contributed by atoms with Crippen LogP contribution in [0.2, 0.25) is 17.6 Å². The topological polar surface area (TPSA) is 0 Å². The predicted octanol–water partition coefficient (Wildman–Crippen LogP) is 5.05. The van der Waals surface area contributed by atoms with Gasteiger partial charge in [-0.1, -0.05) is 79.2 Å². The fraction of sp³-hybridized carbons (Fsp3) is 0.444. The molecular weight excluding hydrogens is 244 g/mol. The number of hydrogen-bond acceptors (Lipinski definition) is 0. The zero-order chi connectivity index (χ0) is 14.3. The van der Waals surface area contributed by atoms with Crippen molar-refractivity contribution in [3.05, 3.63) is 53.1 Å². The maximum Gasteiger partial charge on any atom is 0.0974 e. The third kappa shape index (κ3) is 1.95. The molecule has 1 aliphatic rings. The first-order valence-corrected chi connectivity index (χ1v) is 10.0. The van der Waals surface area contributed by atoms with Gasteiger partial charge in [-0.05, 0) is 26.3 Å². The Labute approximate surface area is 119 Å². The maximum absolute atomic E-state index is 2.55. The Morgan fingerprint density at radius 3 is 2.05 bits per heavy atom. The monoisotopic (exact) mass is 270 g/mol. The van der Waals surface area contributed by atoms with Crippen LogP contribution < -0.4 is 5.19 Å². The molecule has 0 saturated heterocycles. The number of hydrogen-bond donors (Lipinski definition) is 0. The summed E-state index contributed by atoms with van der Waals surface area (Å²) in [7, 11) is -1.57. The van der Waals surface area contributed by atoms with Gasteiger partial charge in [0, 0.05) is 5.04 Å². The molecule has 102 valence electrons. The van der Waals surface area contributed by atoms with Crippen molar-refractivity contribution in [1.29, 1.82) is 0 Å². The van der Waals surface area contributed by atoms with Crippen LogP contribution in [0.3, 0.4) is 0 Å². The summed E-state index contributed by atoms with van der Waals surface area (Å²) in [4.78, 5) is 0. The Morgan fingerprint density at radius 1 is 1.05 bits per heavy atom. The van der Waals surface area contributed by atoms with Crippen molar-refractivity contribution in [3.63, 3.8) is 0 Å². The Hall–Kier alpha value is -1.08. The highest BCUT2D eigenvalue weighted by molar-refractivity contribution is 6.94. The molecule has 2 unspecified atom stereocenters. The van der Waals surface area contributed by atoms with E-state index < -0.39 is 8.07 Å². The quantitative estimate of drug-likeness (QED) is 0.674. The van der Waals surface area contributed by atoms with E-state index >= 15 is 0 Å². The standard InChI is InChI=1S/C18H26Si/c1-7-19(6,17-11-9-8-10-12-17)18(5)13-14(2)15(3)16(18)4/h8-13H,7H2,1-6H3. The van der Waals surface area contributed by atoms with Gasteiger partial charge in [-0.25, -0.2) is 0 Å². The lowest BCUT2D eigenvalue weighted by Crippen LogP contribution is -2.53. The summed E-state index contributed by atoms with van der Waals surface area (Å²) in [5.41, 5.74) is 4.57. The van der Waals surface area contributed by atoms with Crippen molar-refractivity contribution >= 4 is 13.3 Å². The molecular formula is C18H26Si. The molecule has 1 aromatic rings. The first kappa shape index (κ1) is 14.3. The van der Waals surface area contributed by atoms with E-state index in [4.69, 9.17) is 0 Å². The molecule has 0 aromatic heterocycles. The minimum atomic E-state index is -1.57. The van der Waals surface area contributed by atoms with Crippen molar-refractivity contribution in [2.75, 3.05) is 0 Å². The Kier molecular flexibility index (Phi) is 3.61. The molecule has 2 atom stereocenters. The molecule has 0 nitrogen and oxygen atoms in total. The molecule has 1 aliphatic carbocycles. The second-order valence-electron chi connectivity index (χ2n) is 6.33. The molecule has 0 N–H and O–H groups in total. The van der Waals surface area contributed by atoms with E-state index in [1.54, 1.807) is 10.8 Å². The second kappa shape index (κ2) is 4.79. The highest BCUT2D eigenvalue weighted by atomic mass is 28.3. The summed E-state index contributed by atoms with van der Waals surface area (Å²) in [6, 6.07) is 12.5. The predicted molar refractivity (Wildman–Crippen MR) is 88.7 cm³/mol. The molecule has 0 aliphatic heterocycles. The SMILES string of the molecule is CC[Si](C)(c1ccccc1)C1(C)C=C(C)C(C)=C1C. The van der Waals surface area contributed by atoms with Gasteiger partial charge in [0.05, 0.1) is 8.07 Å². The minimum absolute atomic E-state index is 0.261. The van der Waals surface area contributed by atoms with Gasteiger partial charge >= 0.3 is 0 Å². The molecule has 0 heterocycles. The van der Waals surface area contributed by atoms with Crippen LogP contribution in [-0.4, -0.2) is 8.07 Å². The normalized spacial score (nSPS) is 26.3. The van der Waals surface area contributed by atoms with Crippen molar-refractivity contribution in [3.8, 4) is 0 Å². The Morgan fingerprint density at radius 2 is 1.63 bits per heavy atom. The summed E-state index contributed by atoms with van der Waals surface area (Å²) in [5, 5.41) is 1.84. The van der Waals surface area contributed by atoms with Crippen molar-refractivity contribution in [1.82, 2.24) is 0 Å². The largest absolute Gasteiger partial charge is 0.0974 e. The van der Waals surface area contributed by atoms with E-state index in [1.807, 2.05) is 0 Å². The van der Waals surface area contributed by atoms with E-state index in [0.29, 0.717) is 0 Å². The van der Waals surface area contributed by atoms with E-state index in [0.717, 1.165) is 0 Å². The molecule has 0 spiro atoms. The van der Waals surface area contributed by atoms with Crippen LogP contribution >= 0.6 is 0 Å². The van der Waals surface area contributed by atoms with Crippen molar-refractivity contribution in [2.45, 2.75) is 52.2 Å². The third-order valence-corrected chi connectivity index (χ3v) is 11.5. The Balaban J connectivity index is 2.61. The molecule has 0 radical (unpaired) electrons. The van der Waals surface area contributed by atoms with Gasteiger partial charge in [-0.3, -0.25) is 0 Å². The third-order valence-electron chi connectivity index (χ3n) is 5.70. The fourth-order valence-electron chi connectivity index (χ4n) is 3.59. The highest BCUT2D eigenvalue weighted by Crippen LogP contribution is 2.54. The van der Waals surface area contributed by atoms with Crippen LogP contribution in [0.15, 0.2) is 53.1 Å². The van der Waals surface area contributed by atoms with Gasteiger partial charge in [0.25, 0.3) is 0 Å². The molecule has 0 saturated carbocycles. The van der Waals surface area contributed by atoms with Gasteiger partial charge in [0.1, 0.15) is 0 Å². The van der Waals surface area contributed by atoms with Gasteiger partial charge in [0.2, 0.25) is 0 Å². The van der Waals surface area contributed by atoms with Crippen LogP contribution in [0, 0.1) is 0 Å². The molecule has 19 heavy (non-hydrogen) atoms. The van der Waals surface area contributed by atoms with Crippen molar-refractivity contribution in [2.24, 2.45) is 0 Å². The summed E-state index contributed by atoms with van der Waals surface area (Å²) < 4.78 is 0. The van der Waals surface area contributed by atoms with Gasteiger partial charge in [0.15, 0.2) is 0 Å². The second-order valence-corrected chi connectivity index (χ2v) is 11.3. The summed E-state index contributed by atoms with van der Waals surface area (Å²) in [6.07, 6.45) is 2.54. The van der Waals surface area contributed by atoms with Crippen LogP contribution in [0.1, 0.15) is 34.6 Å². The lowest BCUT2D eigenvalue weighted by Gasteiger charge is -2.43. The average molecular weight is 270 g/mol. The molecule has 0 bridgehead atoms. The minimum Gasteiger partial charge on any atom is -0.0737 e. The number of rotatable bonds is 3. The zero-order valence-electron chi connectivity index (χ0n) is 13.2. The summed E-state index contributed by atoms with van der Waals surface area (Å²) in [5.74, 6) is 0. The molecule has 1 heteroatoms. The lowest BCUT2D eigenvalue weighted by molar-refractivity contribution is 0.847. The smallest absolute Gasteiger partial charge is 0.0737 e. The van der Waals surface area contributed by atoms with Crippen LogP contribution in [0.5, 0.6) is 0 Å². The lowest BCUT2D eigenvalue weighted by atomic mass is 10.0. The van der Waals surface area contributed by atoms with Crippen LogP contribution in [-0.2, 0) is 0 Å². The first-order valence-electron chi connectivity index (χ1n) is 7.30. The average Bonchev–Trinajstić information content (AvgIpc) is 2.63. The highest BCUT2D eigenvalue weighted by Gasteiger charge is 2.48. The number of benzene rings is 1. The Bertz CT molecular complexity index is 538. The molecule has 0 amide bonds. The van der Waals surface area contributed by atoms with Gasteiger partial charge in [-0.2, -0.15) is 0 Å². The molecule has 1 aromatic carbocycles. The maximum atomic E-state index is 2.55. The molecule has 0 fully saturated rings. The zero-order valence-corrected chi connectivity index (χ0v) is 14.2. The molecule has 2 rings (SSSR count). The fourth-order valence-corrected chi connectivity index (χ4v) is 7.81. The van der Waals surface area contributed by atoms with Gasteiger partial charge < -0.3 is 0 Å². The summed E-state index contributed by atoms with van der Waals surface area (Å²) >= 11 is 0. The first-order chi connectivity index (χ1) is 8.87. The van der Waals surface area contributed by atoms with Crippen LogP contribution in [0.4, 0.5) is 0 Å². The van der Waals surface area contributed by atoms with E-state index in [9.17, 15) is 0 Å². The van der Waals surface area contributed by atoms with E-state index in [-0.39, 0.29) is 5.04 Å². The van der Waals surface area contributed by atoms with E-state index in [2.05, 4.69) is 77.6 Å². The van der Waals surface area contributed by atoms with Crippen molar-refractivity contribution < 1.29 is 0 Å². The van der Waals surface area contributed by atoms with Gasteiger partial charge in [-0.15, -0.1) is 0 Å².